The van der Waals surface area contributed by atoms with Crippen molar-refractivity contribution in [3.63, 3.8) is 0 Å². The van der Waals surface area contributed by atoms with Crippen LogP contribution in [0.4, 0.5) is 10.1 Å². The summed E-state index contributed by atoms with van der Waals surface area (Å²) in [4.78, 5) is 14.9. The topological polar surface area (TPSA) is 32.3 Å². The lowest BCUT2D eigenvalue weighted by Crippen LogP contribution is -2.55. The van der Waals surface area contributed by atoms with E-state index in [1.807, 2.05) is 18.2 Å². The van der Waals surface area contributed by atoms with Crippen molar-refractivity contribution >= 4 is 40.4 Å². The van der Waals surface area contributed by atoms with Crippen LogP contribution in [0, 0.1) is 12.7 Å². The third-order valence-electron chi connectivity index (χ3n) is 5.27. The van der Waals surface area contributed by atoms with Gasteiger partial charge in [-0.1, -0.05) is 35.9 Å². The summed E-state index contributed by atoms with van der Waals surface area (Å²) < 4.78 is 13.9. The molecule has 2 aromatic carbocycles. The Kier molecular flexibility index (Phi) is 5.82. The zero-order chi connectivity index (χ0) is 19.6. The zero-order valence-corrected chi connectivity index (χ0v) is 17.0. The molecule has 1 aliphatic rings. The molecule has 2 aromatic rings. The number of carbonyl (C=O) groups is 1. The highest BCUT2D eigenvalue weighted by atomic mass is 35.5. The van der Waals surface area contributed by atoms with Crippen LogP contribution in [-0.2, 0) is 10.3 Å². The number of nitrogens with one attached hydrogen (secondary N) is 1. The van der Waals surface area contributed by atoms with Crippen LogP contribution >= 0.6 is 23.8 Å². The zero-order valence-electron chi connectivity index (χ0n) is 15.4. The molecular weight excluding hydrogens is 383 g/mol. The SMILES string of the molecule is Cc1ccc(NC(=S)N(C)[C@@]2(c3ccccc3Cl)CCCCC2=O)cc1F. The first-order valence-electron chi connectivity index (χ1n) is 8.95. The molecular formula is C21H22ClFN2OS. The number of Topliss-reactive ketones (excluding diaryl/α,β-unsaturated/α-hetero) is 1. The summed E-state index contributed by atoms with van der Waals surface area (Å²) in [5.74, 6) is -0.205. The fraction of sp³-hybridized carbons (Fsp3) is 0.333. The van der Waals surface area contributed by atoms with Crippen molar-refractivity contribution in [2.24, 2.45) is 0 Å². The molecule has 0 spiro atoms. The van der Waals surface area contributed by atoms with Gasteiger partial charge in [0.1, 0.15) is 11.4 Å². The first-order valence-corrected chi connectivity index (χ1v) is 9.74. The number of halogens is 2. The lowest BCUT2D eigenvalue weighted by atomic mass is 9.74. The van der Waals surface area contributed by atoms with E-state index < -0.39 is 5.54 Å². The number of benzene rings is 2. The molecule has 0 unspecified atom stereocenters. The van der Waals surface area contributed by atoms with Gasteiger partial charge < -0.3 is 10.2 Å². The second kappa shape index (κ2) is 7.95. The molecule has 1 aliphatic carbocycles. The fourth-order valence-corrected chi connectivity index (χ4v) is 4.25. The molecule has 0 saturated heterocycles. The molecule has 0 amide bonds. The highest BCUT2D eigenvalue weighted by Gasteiger charge is 2.47. The van der Waals surface area contributed by atoms with Crippen molar-refractivity contribution in [1.82, 2.24) is 4.90 Å². The van der Waals surface area contributed by atoms with Gasteiger partial charge in [-0.05, 0) is 62.2 Å². The second-order valence-electron chi connectivity index (χ2n) is 6.92. The predicted molar refractivity (Wildman–Crippen MR) is 112 cm³/mol. The van der Waals surface area contributed by atoms with Crippen molar-refractivity contribution in [3.05, 3.63) is 64.4 Å². The molecule has 1 saturated carbocycles. The molecule has 142 valence electrons. The molecule has 3 nitrogen and oxygen atoms in total. The molecule has 0 aliphatic heterocycles. The number of hydrogen-bond acceptors (Lipinski definition) is 2. The largest absolute Gasteiger partial charge is 0.335 e. The number of aryl methyl sites for hydroxylation is 1. The van der Waals surface area contributed by atoms with Gasteiger partial charge in [-0.3, -0.25) is 4.79 Å². The van der Waals surface area contributed by atoms with Gasteiger partial charge in [0, 0.05) is 29.7 Å². The predicted octanol–water partition coefficient (Wildman–Crippen LogP) is 5.45. The fourth-order valence-electron chi connectivity index (χ4n) is 3.68. The number of nitrogens with zero attached hydrogens (tertiary/aromatic N) is 1. The Morgan fingerprint density at radius 1 is 1.26 bits per heavy atom. The van der Waals surface area contributed by atoms with Crippen molar-refractivity contribution < 1.29 is 9.18 Å². The van der Waals surface area contributed by atoms with Crippen LogP contribution in [0.25, 0.3) is 0 Å². The molecule has 6 heteroatoms. The maximum absolute atomic E-state index is 13.9. The van der Waals surface area contributed by atoms with E-state index in [-0.39, 0.29) is 11.6 Å². The smallest absolute Gasteiger partial charge is 0.174 e. The minimum atomic E-state index is -0.913. The Labute approximate surface area is 169 Å². The standard InChI is InChI=1S/C21H22ClFN2OS/c1-14-10-11-15(13-18(14)23)24-20(27)25(2)21(12-6-5-9-19(21)26)16-7-3-4-8-17(16)22/h3-4,7-8,10-11,13H,5-6,9,12H2,1-2H3,(H,24,27)/t21-/m1/s1. The number of likely N-dealkylation sites (N-methyl/N-ethyl adjacent to an activating group) is 1. The van der Waals surface area contributed by atoms with Crippen LogP contribution in [0.2, 0.25) is 5.02 Å². The number of carbonyl (C=O) groups excluding carboxylic acids is 1. The van der Waals surface area contributed by atoms with E-state index in [2.05, 4.69) is 5.32 Å². The number of rotatable bonds is 3. The first kappa shape index (κ1) is 19.8. The molecule has 1 N–H and O–H groups in total. The normalized spacial score (nSPS) is 19.6. The van der Waals surface area contributed by atoms with E-state index in [1.54, 1.807) is 37.1 Å². The van der Waals surface area contributed by atoms with E-state index in [0.717, 1.165) is 18.4 Å². The third-order valence-corrected chi connectivity index (χ3v) is 5.98. The van der Waals surface area contributed by atoms with E-state index in [4.69, 9.17) is 23.8 Å². The number of thiocarbonyl (C=S) groups is 1. The summed E-state index contributed by atoms with van der Waals surface area (Å²) in [6.45, 7) is 1.71. The van der Waals surface area contributed by atoms with Gasteiger partial charge in [0.2, 0.25) is 0 Å². The van der Waals surface area contributed by atoms with Gasteiger partial charge in [0.05, 0.1) is 0 Å². The van der Waals surface area contributed by atoms with Crippen LogP contribution in [0.3, 0.4) is 0 Å². The van der Waals surface area contributed by atoms with Gasteiger partial charge in [0.25, 0.3) is 0 Å². The minimum Gasteiger partial charge on any atom is -0.335 e. The van der Waals surface area contributed by atoms with E-state index >= 15 is 0 Å². The van der Waals surface area contributed by atoms with Gasteiger partial charge in [-0.25, -0.2) is 4.39 Å². The lowest BCUT2D eigenvalue weighted by molar-refractivity contribution is -0.131. The molecule has 0 heterocycles. The Bertz CT molecular complexity index is 888. The maximum atomic E-state index is 13.9. The Balaban J connectivity index is 1.97. The van der Waals surface area contributed by atoms with E-state index in [0.29, 0.717) is 34.2 Å². The van der Waals surface area contributed by atoms with Crippen LogP contribution in [0.15, 0.2) is 42.5 Å². The summed E-state index contributed by atoms with van der Waals surface area (Å²) in [5.41, 5.74) is 0.963. The Hall–Kier alpha value is -1.98. The quantitative estimate of drug-likeness (QED) is 0.689. The molecule has 27 heavy (non-hydrogen) atoms. The summed E-state index contributed by atoms with van der Waals surface area (Å²) in [5, 5.41) is 3.96. The molecule has 0 radical (unpaired) electrons. The summed E-state index contributed by atoms with van der Waals surface area (Å²) in [7, 11) is 1.80. The lowest BCUT2D eigenvalue weighted by Gasteiger charge is -2.45. The van der Waals surface area contributed by atoms with Crippen LogP contribution in [0.5, 0.6) is 0 Å². The molecule has 0 bridgehead atoms. The molecule has 1 atom stereocenters. The molecule has 3 rings (SSSR count). The Morgan fingerprint density at radius 2 is 2.00 bits per heavy atom. The summed E-state index contributed by atoms with van der Waals surface area (Å²) in [6.07, 6.45) is 2.89. The maximum Gasteiger partial charge on any atom is 0.174 e. The summed E-state index contributed by atoms with van der Waals surface area (Å²) >= 11 is 12.0. The molecule has 1 fully saturated rings. The van der Waals surface area contributed by atoms with Gasteiger partial charge in [-0.2, -0.15) is 0 Å². The highest BCUT2D eigenvalue weighted by Crippen LogP contribution is 2.42. The van der Waals surface area contributed by atoms with Gasteiger partial charge in [-0.15, -0.1) is 0 Å². The minimum absolute atomic E-state index is 0.101. The first-order chi connectivity index (χ1) is 12.9. The van der Waals surface area contributed by atoms with Crippen molar-refractivity contribution in [3.8, 4) is 0 Å². The van der Waals surface area contributed by atoms with Crippen LogP contribution < -0.4 is 5.32 Å². The number of ketones is 1. The number of hydrogen-bond donors (Lipinski definition) is 1. The van der Waals surface area contributed by atoms with Gasteiger partial charge >= 0.3 is 0 Å². The van der Waals surface area contributed by atoms with Crippen molar-refractivity contribution in [2.75, 3.05) is 12.4 Å². The monoisotopic (exact) mass is 404 g/mol. The van der Waals surface area contributed by atoms with Crippen molar-refractivity contribution in [2.45, 2.75) is 38.1 Å². The third kappa shape index (κ3) is 3.71. The number of anilines is 1. The summed E-state index contributed by atoms with van der Waals surface area (Å²) in [6, 6.07) is 12.3. The average Bonchev–Trinajstić information content (AvgIpc) is 2.65. The van der Waals surface area contributed by atoms with Crippen molar-refractivity contribution in [1.29, 1.82) is 0 Å². The van der Waals surface area contributed by atoms with Gasteiger partial charge in [0.15, 0.2) is 10.9 Å². The Morgan fingerprint density at radius 3 is 2.67 bits per heavy atom. The van der Waals surface area contributed by atoms with E-state index in [9.17, 15) is 9.18 Å². The van der Waals surface area contributed by atoms with E-state index in [1.165, 1.54) is 6.07 Å². The van der Waals surface area contributed by atoms with Crippen LogP contribution in [-0.4, -0.2) is 22.8 Å². The average molecular weight is 405 g/mol. The molecule has 0 aromatic heterocycles. The second-order valence-corrected chi connectivity index (χ2v) is 7.72. The highest BCUT2D eigenvalue weighted by molar-refractivity contribution is 7.80. The van der Waals surface area contributed by atoms with Crippen LogP contribution in [0.1, 0.15) is 36.8 Å².